The molecule has 1 aliphatic rings. The number of halogens is 3. The number of carbonyl (C=O) groups is 2. The Morgan fingerprint density at radius 3 is 2.55 bits per heavy atom. The fourth-order valence-electron chi connectivity index (χ4n) is 2.96. The summed E-state index contributed by atoms with van der Waals surface area (Å²) < 4.78 is 20.5. The predicted molar refractivity (Wildman–Crippen MR) is 125 cm³/mol. The van der Waals surface area contributed by atoms with Crippen molar-refractivity contribution >= 4 is 62.2 Å². The van der Waals surface area contributed by atoms with Crippen LogP contribution in [-0.2, 0) is 11.4 Å². The van der Waals surface area contributed by atoms with Gasteiger partial charge in [-0.25, -0.2) is 9.29 Å². The van der Waals surface area contributed by atoms with E-state index in [1.807, 2.05) is 0 Å². The van der Waals surface area contributed by atoms with Gasteiger partial charge < -0.3 is 4.74 Å². The van der Waals surface area contributed by atoms with Crippen LogP contribution in [0, 0.1) is 5.82 Å². The minimum atomic E-state index is -0.433. The number of anilines is 1. The van der Waals surface area contributed by atoms with Crippen molar-refractivity contribution in [2.45, 2.75) is 6.61 Å². The first-order valence-corrected chi connectivity index (χ1v) is 11.1. The lowest BCUT2D eigenvalue weighted by Crippen LogP contribution is -2.27. The van der Waals surface area contributed by atoms with E-state index in [0.29, 0.717) is 27.6 Å². The lowest BCUT2D eigenvalue weighted by atomic mass is 10.1. The molecule has 0 N–H and O–H groups in total. The van der Waals surface area contributed by atoms with Gasteiger partial charge in [0.1, 0.15) is 18.2 Å². The Hall–Kier alpha value is -2.61. The summed E-state index contributed by atoms with van der Waals surface area (Å²) >= 11 is 10.1. The first-order valence-electron chi connectivity index (χ1n) is 9.11. The van der Waals surface area contributed by atoms with Crippen molar-refractivity contribution in [3.8, 4) is 5.75 Å². The number of hydrogen-bond acceptors (Lipinski definition) is 4. The Balaban J connectivity index is 1.61. The molecule has 1 aliphatic heterocycles. The molecule has 156 valence electrons. The zero-order chi connectivity index (χ0) is 22.0. The van der Waals surface area contributed by atoms with E-state index in [-0.39, 0.29) is 17.3 Å². The highest BCUT2D eigenvalue weighted by molar-refractivity contribution is 9.10. The second-order valence-electron chi connectivity index (χ2n) is 6.56. The molecule has 8 heteroatoms. The molecule has 3 aromatic carbocycles. The predicted octanol–water partition coefficient (Wildman–Crippen LogP) is 7.06. The maximum atomic E-state index is 13.9. The largest absolute Gasteiger partial charge is 0.488 e. The molecule has 0 spiro atoms. The molecule has 0 bridgehead atoms. The molecule has 0 unspecified atom stereocenters. The molecule has 0 atom stereocenters. The van der Waals surface area contributed by atoms with Gasteiger partial charge in [-0.3, -0.25) is 9.59 Å². The topological polar surface area (TPSA) is 46.6 Å². The van der Waals surface area contributed by atoms with Crippen molar-refractivity contribution in [1.82, 2.24) is 0 Å². The number of imide groups is 1. The lowest BCUT2D eigenvalue weighted by molar-refractivity contribution is -0.113. The first-order chi connectivity index (χ1) is 14.9. The van der Waals surface area contributed by atoms with Crippen LogP contribution in [0.3, 0.4) is 0 Å². The monoisotopic (exact) mass is 517 g/mol. The van der Waals surface area contributed by atoms with Crippen LogP contribution in [0.2, 0.25) is 5.02 Å². The minimum absolute atomic E-state index is 0.0292. The lowest BCUT2D eigenvalue weighted by Gasteiger charge is -2.12. The Labute approximate surface area is 195 Å². The number of ether oxygens (including phenoxy) is 1. The van der Waals surface area contributed by atoms with Gasteiger partial charge in [0.05, 0.1) is 10.6 Å². The van der Waals surface area contributed by atoms with Crippen LogP contribution in [0.4, 0.5) is 14.9 Å². The second-order valence-corrected chi connectivity index (χ2v) is 8.90. The van der Waals surface area contributed by atoms with Gasteiger partial charge in [-0.2, -0.15) is 0 Å². The summed E-state index contributed by atoms with van der Waals surface area (Å²) in [6.07, 6.45) is 1.60. The smallest absolute Gasteiger partial charge is 0.298 e. The quantitative estimate of drug-likeness (QED) is 0.339. The van der Waals surface area contributed by atoms with E-state index in [1.165, 1.54) is 6.07 Å². The van der Waals surface area contributed by atoms with E-state index in [9.17, 15) is 14.0 Å². The first kappa shape index (κ1) is 21.6. The molecular weight excluding hydrogens is 505 g/mol. The summed E-state index contributed by atoms with van der Waals surface area (Å²) in [5.74, 6) is -0.327. The maximum Gasteiger partial charge on any atom is 0.298 e. The fraction of sp³-hybridized carbons (Fsp3) is 0.0435. The van der Waals surface area contributed by atoms with Gasteiger partial charge in [0.2, 0.25) is 0 Å². The molecule has 1 heterocycles. The normalized spacial score (nSPS) is 15.1. The van der Waals surface area contributed by atoms with E-state index >= 15 is 0 Å². The number of carbonyl (C=O) groups excluding carboxylic acids is 2. The molecule has 4 nitrogen and oxygen atoms in total. The highest BCUT2D eigenvalue weighted by Crippen LogP contribution is 2.37. The van der Waals surface area contributed by atoms with E-state index in [1.54, 1.807) is 66.7 Å². The number of rotatable bonds is 5. The Bertz CT molecular complexity index is 1200. The average molecular weight is 519 g/mol. The third-order valence-electron chi connectivity index (χ3n) is 4.48. The standard InChI is InChI=1S/C23H14BrClFNO3S/c24-16-5-10-20(30-13-14-3-1-2-4-19(14)26)15(11-16)12-21-22(28)27(23(29)31-21)18-8-6-17(25)7-9-18/h1-12H,13H2/b21-12+. The number of hydrogen-bond donors (Lipinski definition) is 0. The van der Waals surface area contributed by atoms with Crippen molar-refractivity contribution in [1.29, 1.82) is 0 Å². The van der Waals surface area contributed by atoms with Crippen LogP contribution >= 0.6 is 39.3 Å². The molecule has 31 heavy (non-hydrogen) atoms. The van der Waals surface area contributed by atoms with Gasteiger partial charge in [-0.15, -0.1) is 0 Å². The average Bonchev–Trinajstić information content (AvgIpc) is 3.02. The fourth-order valence-corrected chi connectivity index (χ4v) is 4.29. The Morgan fingerprint density at radius 2 is 1.81 bits per heavy atom. The van der Waals surface area contributed by atoms with E-state index in [4.69, 9.17) is 16.3 Å². The Kier molecular flexibility index (Phi) is 6.46. The summed E-state index contributed by atoms with van der Waals surface area (Å²) in [4.78, 5) is 26.7. The SMILES string of the molecule is O=C1S/C(=C/c2cc(Br)ccc2OCc2ccccc2F)C(=O)N1c1ccc(Cl)cc1. The molecule has 2 amide bonds. The van der Waals surface area contributed by atoms with Gasteiger partial charge in [0, 0.05) is 20.6 Å². The van der Waals surface area contributed by atoms with Crippen molar-refractivity contribution in [3.05, 3.63) is 98.1 Å². The molecule has 0 radical (unpaired) electrons. The van der Waals surface area contributed by atoms with Crippen LogP contribution in [0.25, 0.3) is 6.08 Å². The number of nitrogens with zero attached hydrogens (tertiary/aromatic N) is 1. The molecule has 1 fully saturated rings. The van der Waals surface area contributed by atoms with E-state index in [2.05, 4.69) is 15.9 Å². The van der Waals surface area contributed by atoms with Gasteiger partial charge in [-0.1, -0.05) is 45.7 Å². The van der Waals surface area contributed by atoms with E-state index in [0.717, 1.165) is 21.1 Å². The maximum absolute atomic E-state index is 13.9. The molecule has 3 aromatic rings. The van der Waals surface area contributed by atoms with Gasteiger partial charge in [0.15, 0.2) is 0 Å². The van der Waals surface area contributed by atoms with Gasteiger partial charge in [-0.05, 0) is 66.4 Å². The molecule has 0 aromatic heterocycles. The molecular formula is C23H14BrClFNO3S. The van der Waals surface area contributed by atoms with Crippen molar-refractivity contribution in [3.63, 3.8) is 0 Å². The number of amides is 2. The zero-order valence-electron chi connectivity index (χ0n) is 15.8. The van der Waals surface area contributed by atoms with Gasteiger partial charge in [0.25, 0.3) is 11.1 Å². The highest BCUT2D eigenvalue weighted by atomic mass is 79.9. The van der Waals surface area contributed by atoms with Crippen LogP contribution < -0.4 is 9.64 Å². The summed E-state index contributed by atoms with van der Waals surface area (Å²) in [6, 6.07) is 18.1. The summed E-state index contributed by atoms with van der Waals surface area (Å²) in [7, 11) is 0. The Morgan fingerprint density at radius 1 is 1.06 bits per heavy atom. The van der Waals surface area contributed by atoms with Crippen molar-refractivity contribution in [2.24, 2.45) is 0 Å². The number of thioether (sulfide) groups is 1. The molecule has 0 aliphatic carbocycles. The van der Waals surface area contributed by atoms with Crippen LogP contribution in [0.5, 0.6) is 5.75 Å². The van der Waals surface area contributed by atoms with Gasteiger partial charge >= 0.3 is 0 Å². The highest BCUT2D eigenvalue weighted by Gasteiger charge is 2.36. The van der Waals surface area contributed by atoms with Crippen LogP contribution in [-0.4, -0.2) is 11.1 Å². The number of benzene rings is 3. The zero-order valence-corrected chi connectivity index (χ0v) is 19.0. The summed E-state index contributed by atoms with van der Waals surface area (Å²) in [5.41, 5.74) is 1.45. The van der Waals surface area contributed by atoms with Crippen LogP contribution in [0.1, 0.15) is 11.1 Å². The third kappa shape index (κ3) is 4.84. The molecule has 0 saturated carbocycles. The summed E-state index contributed by atoms with van der Waals surface area (Å²) in [6.45, 7) is 0.0292. The van der Waals surface area contributed by atoms with E-state index < -0.39 is 11.1 Å². The minimum Gasteiger partial charge on any atom is -0.488 e. The second kappa shape index (κ2) is 9.26. The molecule has 4 rings (SSSR count). The summed E-state index contributed by atoms with van der Waals surface area (Å²) in [5, 5.41) is 0.111. The molecule has 1 saturated heterocycles. The van der Waals surface area contributed by atoms with Crippen molar-refractivity contribution in [2.75, 3.05) is 4.90 Å². The van der Waals surface area contributed by atoms with Crippen molar-refractivity contribution < 1.29 is 18.7 Å². The van der Waals surface area contributed by atoms with Crippen LogP contribution in [0.15, 0.2) is 76.1 Å². The third-order valence-corrected chi connectivity index (χ3v) is 6.09.